The maximum Gasteiger partial charge on any atom is 0.410 e. The lowest BCUT2D eigenvalue weighted by molar-refractivity contribution is 0.0667. The molecule has 1 aliphatic rings. The van der Waals surface area contributed by atoms with Crippen LogP contribution >= 0.6 is 0 Å². The fraction of sp³-hybridized carbons (Fsp3) is 0.900. The molecule has 0 aromatic rings. The largest absolute Gasteiger partial charge is 0.447 e. The maximum absolute atomic E-state index is 11.5. The number of amides is 1. The molecule has 4 nitrogen and oxygen atoms in total. The molecule has 0 aliphatic carbocycles. The number of nitrogens with zero attached hydrogens (tertiary/aromatic N) is 1. The second kappa shape index (κ2) is 5.20. The maximum atomic E-state index is 11.5. The molecule has 1 amide bonds. The van der Waals surface area contributed by atoms with Crippen LogP contribution in [0, 0.1) is 0 Å². The molecule has 1 fully saturated rings. The van der Waals surface area contributed by atoms with Crippen molar-refractivity contribution in [1.82, 2.24) is 10.2 Å². The summed E-state index contributed by atoms with van der Waals surface area (Å²) in [7, 11) is 1.93. The zero-order valence-corrected chi connectivity index (χ0v) is 9.25. The average molecular weight is 200 g/mol. The topological polar surface area (TPSA) is 41.6 Å². The van der Waals surface area contributed by atoms with Gasteiger partial charge in [0.2, 0.25) is 0 Å². The van der Waals surface area contributed by atoms with Crippen LogP contribution in [0.25, 0.3) is 0 Å². The highest BCUT2D eigenvalue weighted by molar-refractivity contribution is 5.67. The third-order valence-electron chi connectivity index (χ3n) is 2.42. The van der Waals surface area contributed by atoms with Gasteiger partial charge in [-0.3, -0.25) is 0 Å². The van der Waals surface area contributed by atoms with E-state index < -0.39 is 0 Å². The predicted molar refractivity (Wildman–Crippen MR) is 55.3 cm³/mol. The highest BCUT2D eigenvalue weighted by atomic mass is 16.6. The lowest BCUT2D eigenvalue weighted by Crippen LogP contribution is -2.47. The van der Waals surface area contributed by atoms with E-state index in [2.05, 4.69) is 5.32 Å². The standard InChI is InChI=1S/C10H20N2O2/c1-8(2)14-10(13)12-6-4-5-9(7-12)11-3/h8-9,11H,4-7H2,1-3H3. The number of likely N-dealkylation sites (tertiary alicyclic amines) is 1. The van der Waals surface area contributed by atoms with Crippen molar-refractivity contribution in [2.75, 3.05) is 20.1 Å². The monoisotopic (exact) mass is 200 g/mol. The molecule has 1 N–H and O–H groups in total. The number of likely N-dealkylation sites (N-methyl/N-ethyl adjacent to an activating group) is 1. The van der Waals surface area contributed by atoms with E-state index in [1.165, 1.54) is 0 Å². The predicted octanol–water partition coefficient (Wildman–Crippen LogP) is 1.22. The van der Waals surface area contributed by atoms with Crippen molar-refractivity contribution in [1.29, 1.82) is 0 Å². The molecule has 0 aromatic carbocycles. The van der Waals surface area contributed by atoms with Crippen LogP contribution in [0.1, 0.15) is 26.7 Å². The summed E-state index contributed by atoms with van der Waals surface area (Å²) in [4.78, 5) is 13.3. The highest BCUT2D eigenvalue weighted by Crippen LogP contribution is 2.11. The minimum absolute atomic E-state index is 0.0301. The number of carbonyl (C=O) groups is 1. The molecular formula is C10H20N2O2. The molecule has 0 radical (unpaired) electrons. The van der Waals surface area contributed by atoms with E-state index >= 15 is 0 Å². The molecule has 1 unspecified atom stereocenters. The summed E-state index contributed by atoms with van der Waals surface area (Å²) < 4.78 is 5.14. The molecule has 0 saturated carbocycles. The summed E-state index contributed by atoms with van der Waals surface area (Å²) in [5.41, 5.74) is 0. The molecule has 14 heavy (non-hydrogen) atoms. The SMILES string of the molecule is CNC1CCCN(C(=O)OC(C)C)C1. The quantitative estimate of drug-likeness (QED) is 0.728. The van der Waals surface area contributed by atoms with Crippen LogP contribution in [0.4, 0.5) is 4.79 Å². The van der Waals surface area contributed by atoms with Crippen LogP contribution in [0.3, 0.4) is 0 Å². The van der Waals surface area contributed by atoms with E-state index in [1.54, 1.807) is 4.90 Å². The van der Waals surface area contributed by atoms with Crippen molar-refractivity contribution in [2.24, 2.45) is 0 Å². The molecule has 0 spiro atoms. The third-order valence-corrected chi connectivity index (χ3v) is 2.42. The van der Waals surface area contributed by atoms with Gasteiger partial charge in [0.25, 0.3) is 0 Å². The molecule has 82 valence electrons. The van der Waals surface area contributed by atoms with Crippen LogP contribution in [0.5, 0.6) is 0 Å². The van der Waals surface area contributed by atoms with E-state index in [0.717, 1.165) is 25.9 Å². The molecule has 0 bridgehead atoms. The summed E-state index contributed by atoms with van der Waals surface area (Å²) in [6, 6.07) is 0.420. The van der Waals surface area contributed by atoms with Crippen molar-refractivity contribution in [3.05, 3.63) is 0 Å². The first-order valence-corrected chi connectivity index (χ1v) is 5.26. The molecule has 1 aliphatic heterocycles. The third kappa shape index (κ3) is 3.18. The lowest BCUT2D eigenvalue weighted by atomic mass is 10.1. The summed E-state index contributed by atoms with van der Waals surface area (Å²) in [6.45, 7) is 5.33. The summed E-state index contributed by atoms with van der Waals surface area (Å²) in [5, 5.41) is 3.19. The van der Waals surface area contributed by atoms with Crippen molar-refractivity contribution >= 4 is 6.09 Å². The number of carbonyl (C=O) groups excluding carboxylic acids is 1. The first kappa shape index (κ1) is 11.3. The van der Waals surface area contributed by atoms with Gasteiger partial charge in [0, 0.05) is 19.1 Å². The Morgan fingerprint density at radius 3 is 2.86 bits per heavy atom. The number of hydrogen-bond acceptors (Lipinski definition) is 3. The van der Waals surface area contributed by atoms with Gasteiger partial charge in [-0.1, -0.05) is 0 Å². The Balaban J connectivity index is 2.39. The van der Waals surface area contributed by atoms with E-state index in [1.807, 2.05) is 20.9 Å². The van der Waals surface area contributed by atoms with Gasteiger partial charge in [0.1, 0.15) is 0 Å². The van der Waals surface area contributed by atoms with Crippen LogP contribution < -0.4 is 5.32 Å². The van der Waals surface area contributed by atoms with Crippen LogP contribution in [-0.2, 0) is 4.74 Å². The van der Waals surface area contributed by atoms with E-state index in [0.29, 0.717) is 6.04 Å². The van der Waals surface area contributed by atoms with Gasteiger partial charge in [-0.15, -0.1) is 0 Å². The minimum Gasteiger partial charge on any atom is -0.447 e. The van der Waals surface area contributed by atoms with Crippen LogP contribution in [0.15, 0.2) is 0 Å². The average Bonchev–Trinajstić information content (AvgIpc) is 2.17. The molecule has 1 saturated heterocycles. The number of rotatable bonds is 2. The van der Waals surface area contributed by atoms with Gasteiger partial charge < -0.3 is 15.0 Å². The lowest BCUT2D eigenvalue weighted by Gasteiger charge is -2.32. The fourth-order valence-electron chi connectivity index (χ4n) is 1.65. The number of piperidine rings is 1. The molecule has 1 atom stereocenters. The van der Waals surface area contributed by atoms with Crippen molar-refractivity contribution < 1.29 is 9.53 Å². The molecule has 1 heterocycles. The van der Waals surface area contributed by atoms with Gasteiger partial charge >= 0.3 is 6.09 Å². The summed E-state index contributed by atoms with van der Waals surface area (Å²) in [6.07, 6.45) is 1.98. The molecule has 1 rings (SSSR count). The Morgan fingerprint density at radius 2 is 2.29 bits per heavy atom. The van der Waals surface area contributed by atoms with Crippen molar-refractivity contribution in [3.63, 3.8) is 0 Å². The second-order valence-corrected chi connectivity index (χ2v) is 4.01. The first-order chi connectivity index (χ1) is 6.63. The molecule has 0 aromatic heterocycles. The molecular weight excluding hydrogens is 180 g/mol. The Labute approximate surface area is 85.6 Å². The highest BCUT2D eigenvalue weighted by Gasteiger charge is 2.23. The first-order valence-electron chi connectivity index (χ1n) is 5.26. The van der Waals surface area contributed by atoms with Gasteiger partial charge in [-0.25, -0.2) is 4.79 Å². The smallest absolute Gasteiger partial charge is 0.410 e. The number of ether oxygens (including phenoxy) is 1. The van der Waals surface area contributed by atoms with Crippen LogP contribution in [-0.4, -0.2) is 43.3 Å². The second-order valence-electron chi connectivity index (χ2n) is 4.01. The number of hydrogen-bond donors (Lipinski definition) is 1. The van der Waals surface area contributed by atoms with Crippen molar-refractivity contribution in [2.45, 2.75) is 38.8 Å². The van der Waals surface area contributed by atoms with Gasteiger partial charge in [-0.2, -0.15) is 0 Å². The van der Waals surface area contributed by atoms with Crippen LogP contribution in [0.2, 0.25) is 0 Å². The fourth-order valence-corrected chi connectivity index (χ4v) is 1.65. The van der Waals surface area contributed by atoms with Gasteiger partial charge in [-0.05, 0) is 33.7 Å². The Hall–Kier alpha value is -0.770. The molecule has 4 heteroatoms. The van der Waals surface area contributed by atoms with Crippen molar-refractivity contribution in [3.8, 4) is 0 Å². The van der Waals surface area contributed by atoms with Gasteiger partial charge in [0.05, 0.1) is 6.10 Å². The zero-order valence-electron chi connectivity index (χ0n) is 9.25. The minimum atomic E-state index is -0.181. The Kier molecular flexibility index (Phi) is 4.20. The Morgan fingerprint density at radius 1 is 1.57 bits per heavy atom. The normalized spacial score (nSPS) is 22.6. The number of nitrogens with one attached hydrogen (secondary N) is 1. The zero-order chi connectivity index (χ0) is 10.6. The van der Waals surface area contributed by atoms with E-state index in [-0.39, 0.29) is 12.2 Å². The van der Waals surface area contributed by atoms with E-state index in [4.69, 9.17) is 4.74 Å². The van der Waals surface area contributed by atoms with E-state index in [9.17, 15) is 4.79 Å². The van der Waals surface area contributed by atoms with Gasteiger partial charge in [0.15, 0.2) is 0 Å². The Bertz CT molecular complexity index is 195. The summed E-state index contributed by atoms with van der Waals surface area (Å²) in [5.74, 6) is 0. The summed E-state index contributed by atoms with van der Waals surface area (Å²) >= 11 is 0.